The van der Waals surface area contributed by atoms with Crippen molar-refractivity contribution in [2.45, 2.75) is 31.2 Å². The van der Waals surface area contributed by atoms with Crippen molar-refractivity contribution in [1.82, 2.24) is 0 Å². The van der Waals surface area contributed by atoms with Gasteiger partial charge in [0.25, 0.3) is 0 Å². The lowest BCUT2D eigenvalue weighted by Crippen LogP contribution is -2.23. The quantitative estimate of drug-likeness (QED) is 0.673. The van der Waals surface area contributed by atoms with Crippen LogP contribution in [0.5, 0.6) is 0 Å². The number of hydrogen-bond donors (Lipinski definition) is 1. The largest absolute Gasteiger partial charge is 0.394 e. The van der Waals surface area contributed by atoms with Gasteiger partial charge in [-0.25, -0.2) is 0 Å². The minimum absolute atomic E-state index is 0.00920. The number of aliphatic hydroxyl groups is 1. The van der Waals surface area contributed by atoms with Crippen molar-refractivity contribution in [1.29, 1.82) is 0 Å². The second-order valence-electron chi connectivity index (χ2n) is 3.25. The van der Waals surface area contributed by atoms with E-state index < -0.39 is 18.7 Å². The first-order chi connectivity index (χ1) is 6.51. The Balaban J connectivity index is 2.10. The van der Waals surface area contributed by atoms with E-state index in [1.807, 2.05) is 0 Å². The molecular weight excluding hydrogens is 201 g/mol. The summed E-state index contributed by atoms with van der Waals surface area (Å²) in [4.78, 5) is 0. The molecule has 84 valence electrons. The molecule has 1 fully saturated rings. The molecule has 0 radical (unpaired) electrons. The van der Waals surface area contributed by atoms with Crippen LogP contribution in [0, 0.1) is 0 Å². The molecule has 0 aromatic heterocycles. The zero-order valence-corrected chi connectivity index (χ0v) is 7.59. The smallest absolute Gasteiger partial charge is 0.389 e. The summed E-state index contributed by atoms with van der Waals surface area (Å²) in [6, 6.07) is 0. The Morgan fingerprint density at radius 3 is 2.57 bits per heavy atom. The summed E-state index contributed by atoms with van der Waals surface area (Å²) >= 11 is 0. The summed E-state index contributed by atoms with van der Waals surface area (Å²) in [7, 11) is 0. The maximum atomic E-state index is 11.8. The molecule has 1 rings (SSSR count). The third-order valence-corrected chi connectivity index (χ3v) is 1.87. The molecule has 0 saturated carbocycles. The summed E-state index contributed by atoms with van der Waals surface area (Å²) in [5, 5.41) is 8.72. The van der Waals surface area contributed by atoms with E-state index in [-0.39, 0.29) is 25.7 Å². The molecular formula is C8H13F3O3. The second kappa shape index (κ2) is 4.95. The summed E-state index contributed by atoms with van der Waals surface area (Å²) in [5.74, 6) is 0. The average molecular weight is 214 g/mol. The van der Waals surface area contributed by atoms with E-state index in [0.717, 1.165) is 0 Å². The van der Waals surface area contributed by atoms with Crippen molar-refractivity contribution in [3.8, 4) is 0 Å². The van der Waals surface area contributed by atoms with E-state index in [1.165, 1.54) is 0 Å². The molecule has 1 saturated heterocycles. The molecule has 14 heavy (non-hydrogen) atoms. The van der Waals surface area contributed by atoms with Crippen molar-refractivity contribution in [3.63, 3.8) is 0 Å². The summed E-state index contributed by atoms with van der Waals surface area (Å²) in [6.07, 6.45) is -6.04. The van der Waals surface area contributed by atoms with Crippen LogP contribution in [0.15, 0.2) is 0 Å². The van der Waals surface area contributed by atoms with Gasteiger partial charge < -0.3 is 14.6 Å². The minimum atomic E-state index is -4.19. The fourth-order valence-corrected chi connectivity index (χ4v) is 0.960. The molecule has 0 spiro atoms. The maximum absolute atomic E-state index is 11.8. The Bertz CT molecular complexity index is 168. The molecule has 1 aliphatic heterocycles. The third-order valence-electron chi connectivity index (χ3n) is 1.87. The third kappa shape index (κ3) is 5.41. The molecule has 3 nitrogen and oxygen atoms in total. The molecule has 0 aromatic carbocycles. The van der Waals surface area contributed by atoms with Crippen LogP contribution >= 0.6 is 0 Å². The number of aliphatic hydroxyl groups excluding tert-OH is 1. The number of alkyl halides is 3. The van der Waals surface area contributed by atoms with Gasteiger partial charge in [-0.15, -0.1) is 0 Å². The lowest BCUT2D eigenvalue weighted by Gasteiger charge is -2.15. The highest BCUT2D eigenvalue weighted by atomic mass is 19.4. The molecule has 0 bridgehead atoms. The Morgan fingerprint density at radius 2 is 2.14 bits per heavy atom. The fraction of sp³-hybridized carbons (Fsp3) is 1.00. The van der Waals surface area contributed by atoms with Crippen LogP contribution in [0.1, 0.15) is 12.8 Å². The Labute approximate surface area is 79.8 Å². The predicted octanol–water partition coefficient (Wildman–Crippen LogP) is 1.11. The molecule has 1 aliphatic rings. The highest BCUT2D eigenvalue weighted by Crippen LogP contribution is 2.23. The first kappa shape index (κ1) is 11.7. The first-order valence-corrected chi connectivity index (χ1v) is 4.42. The normalized spacial score (nSPS) is 23.6. The van der Waals surface area contributed by atoms with Crippen LogP contribution in [0.4, 0.5) is 13.2 Å². The van der Waals surface area contributed by atoms with Crippen LogP contribution in [-0.2, 0) is 9.47 Å². The highest BCUT2D eigenvalue weighted by Gasteiger charge is 2.29. The summed E-state index contributed by atoms with van der Waals surface area (Å²) < 4.78 is 45.3. The summed E-state index contributed by atoms with van der Waals surface area (Å²) in [6.45, 7) is 0.475. The first-order valence-electron chi connectivity index (χ1n) is 4.42. The van der Waals surface area contributed by atoms with Gasteiger partial charge in [-0.2, -0.15) is 13.2 Å². The van der Waals surface area contributed by atoms with Crippen molar-refractivity contribution in [3.05, 3.63) is 0 Å². The zero-order chi connectivity index (χ0) is 10.6. The number of rotatable bonds is 6. The number of hydrogen-bond acceptors (Lipinski definition) is 3. The minimum Gasteiger partial charge on any atom is -0.394 e. The topological polar surface area (TPSA) is 42.0 Å². The van der Waals surface area contributed by atoms with Crippen molar-refractivity contribution in [2.24, 2.45) is 0 Å². The Morgan fingerprint density at radius 1 is 1.50 bits per heavy atom. The van der Waals surface area contributed by atoms with Gasteiger partial charge in [0.1, 0.15) is 6.10 Å². The lowest BCUT2D eigenvalue weighted by atomic mass is 10.2. The zero-order valence-electron chi connectivity index (χ0n) is 7.59. The van der Waals surface area contributed by atoms with Gasteiger partial charge in [0.05, 0.1) is 25.9 Å². The summed E-state index contributed by atoms with van der Waals surface area (Å²) in [5.41, 5.74) is 0. The van der Waals surface area contributed by atoms with Gasteiger partial charge in [0, 0.05) is 6.42 Å². The molecule has 1 heterocycles. The van der Waals surface area contributed by atoms with E-state index in [0.29, 0.717) is 6.61 Å². The molecule has 1 N–H and O–H groups in total. The van der Waals surface area contributed by atoms with Gasteiger partial charge in [0.15, 0.2) is 0 Å². The van der Waals surface area contributed by atoms with Gasteiger partial charge in [-0.1, -0.05) is 0 Å². The van der Waals surface area contributed by atoms with E-state index in [1.54, 1.807) is 0 Å². The van der Waals surface area contributed by atoms with Crippen LogP contribution in [0.3, 0.4) is 0 Å². The highest BCUT2D eigenvalue weighted by molar-refractivity contribution is 4.69. The van der Waals surface area contributed by atoms with Gasteiger partial charge in [0.2, 0.25) is 0 Å². The molecule has 0 aliphatic carbocycles. The number of epoxide rings is 1. The molecule has 0 amide bonds. The molecule has 0 aromatic rings. The molecule has 2 unspecified atom stereocenters. The Hall–Kier alpha value is -0.330. The van der Waals surface area contributed by atoms with Crippen LogP contribution in [-0.4, -0.2) is 43.3 Å². The van der Waals surface area contributed by atoms with Gasteiger partial charge in [-0.3, -0.25) is 0 Å². The maximum Gasteiger partial charge on any atom is 0.389 e. The van der Waals surface area contributed by atoms with E-state index in [2.05, 4.69) is 0 Å². The monoisotopic (exact) mass is 214 g/mol. The SMILES string of the molecule is OCC(CCC(F)(F)F)OCC1CO1. The predicted molar refractivity (Wildman–Crippen MR) is 41.9 cm³/mol. The van der Waals surface area contributed by atoms with E-state index in [9.17, 15) is 13.2 Å². The fourth-order valence-electron chi connectivity index (χ4n) is 0.960. The molecule has 6 heteroatoms. The van der Waals surface area contributed by atoms with E-state index in [4.69, 9.17) is 14.6 Å². The van der Waals surface area contributed by atoms with Crippen molar-refractivity contribution in [2.75, 3.05) is 19.8 Å². The van der Waals surface area contributed by atoms with Gasteiger partial charge in [-0.05, 0) is 6.42 Å². The van der Waals surface area contributed by atoms with Crippen LogP contribution in [0.2, 0.25) is 0 Å². The van der Waals surface area contributed by atoms with E-state index >= 15 is 0 Å². The van der Waals surface area contributed by atoms with Crippen LogP contribution in [0.25, 0.3) is 0 Å². The lowest BCUT2D eigenvalue weighted by molar-refractivity contribution is -0.143. The van der Waals surface area contributed by atoms with Crippen LogP contribution < -0.4 is 0 Å². The number of ether oxygens (including phenoxy) is 2. The average Bonchev–Trinajstić information content (AvgIpc) is 2.86. The number of halogens is 3. The van der Waals surface area contributed by atoms with Gasteiger partial charge >= 0.3 is 6.18 Å². The second-order valence-corrected chi connectivity index (χ2v) is 3.25. The Kier molecular flexibility index (Phi) is 4.15. The van der Waals surface area contributed by atoms with Crippen molar-refractivity contribution >= 4 is 0 Å². The van der Waals surface area contributed by atoms with Crippen molar-refractivity contribution < 1.29 is 27.8 Å². The molecule has 2 atom stereocenters. The standard InChI is InChI=1S/C8H13F3O3/c9-8(10,11)2-1-6(3-12)13-4-7-5-14-7/h6-7,12H,1-5H2.